The lowest BCUT2D eigenvalue weighted by Gasteiger charge is -2.35. The van der Waals surface area contributed by atoms with Gasteiger partial charge in [-0.25, -0.2) is 8.42 Å². The van der Waals surface area contributed by atoms with Gasteiger partial charge in [0.1, 0.15) is 17.1 Å². The highest BCUT2D eigenvalue weighted by Crippen LogP contribution is 2.44. The molecule has 7 heteroatoms. The molecule has 3 nitrogen and oxygen atoms in total. The fourth-order valence-corrected chi connectivity index (χ4v) is 7.23. The summed E-state index contributed by atoms with van der Waals surface area (Å²) in [6.07, 6.45) is -5.47. The molecule has 0 aliphatic carbocycles. The van der Waals surface area contributed by atoms with Gasteiger partial charge < -0.3 is 4.74 Å². The number of alkyl halides is 3. The second kappa shape index (κ2) is 9.34. The number of benzene rings is 3. The van der Waals surface area contributed by atoms with E-state index in [9.17, 15) is 21.6 Å². The average molecular weight is 503 g/mol. The third-order valence-electron chi connectivity index (χ3n) is 6.53. The van der Waals surface area contributed by atoms with Gasteiger partial charge >= 0.3 is 6.18 Å². The molecular weight excluding hydrogens is 473 g/mol. The molecule has 2 atom stereocenters. The summed E-state index contributed by atoms with van der Waals surface area (Å²) in [4.78, 5) is 0.273. The summed E-state index contributed by atoms with van der Waals surface area (Å²) in [5.41, 5.74) is 1.50. The largest absolute Gasteiger partial charge is 0.484 e. The van der Waals surface area contributed by atoms with Crippen molar-refractivity contribution >= 4 is 9.84 Å². The van der Waals surface area contributed by atoms with E-state index in [1.54, 1.807) is 24.3 Å². The van der Waals surface area contributed by atoms with E-state index >= 15 is 0 Å². The number of fused-ring (bicyclic) bond motifs is 1. The number of sulfone groups is 1. The van der Waals surface area contributed by atoms with Gasteiger partial charge in [-0.3, -0.25) is 0 Å². The zero-order valence-corrected chi connectivity index (χ0v) is 21.0. The maximum atomic E-state index is 14.4. The van der Waals surface area contributed by atoms with Crippen LogP contribution >= 0.6 is 0 Å². The van der Waals surface area contributed by atoms with Crippen LogP contribution in [0.15, 0.2) is 71.6 Å². The molecule has 35 heavy (non-hydrogen) atoms. The molecule has 1 heterocycles. The molecule has 0 bridgehead atoms. The standard InChI is InChI=1S/C28H29F3O3S/c1-17(2)22-11-8-12-23(18(3)4)27(22)35(32,33)25-16-20-15-21(28(29,30)31)13-14-24(20)34-26(25)19-9-6-5-7-10-19/h5-15,17-18,25-26H,16H2,1-4H3/t25-,26+/m1/s1. The molecule has 4 rings (SSSR count). The molecule has 0 fully saturated rings. The van der Waals surface area contributed by atoms with Gasteiger partial charge in [0.25, 0.3) is 0 Å². The van der Waals surface area contributed by atoms with Crippen molar-refractivity contribution in [3.05, 3.63) is 94.5 Å². The van der Waals surface area contributed by atoms with Crippen molar-refractivity contribution in [3.63, 3.8) is 0 Å². The first kappa shape index (κ1) is 25.3. The Morgan fingerprint density at radius 3 is 2.00 bits per heavy atom. The Bertz CT molecular complexity index is 1290. The minimum Gasteiger partial charge on any atom is -0.484 e. The summed E-state index contributed by atoms with van der Waals surface area (Å²) >= 11 is 0. The second-order valence-electron chi connectivity index (χ2n) is 9.63. The summed E-state index contributed by atoms with van der Waals surface area (Å²) in [5.74, 6) is 0.170. The Morgan fingerprint density at radius 2 is 1.46 bits per heavy atom. The fraction of sp³-hybridized carbons (Fsp3) is 0.357. The van der Waals surface area contributed by atoms with E-state index in [0.717, 1.165) is 12.1 Å². The van der Waals surface area contributed by atoms with Crippen molar-refractivity contribution in [3.8, 4) is 5.75 Å². The van der Waals surface area contributed by atoms with E-state index in [1.165, 1.54) is 6.07 Å². The van der Waals surface area contributed by atoms with E-state index in [-0.39, 0.29) is 34.5 Å². The smallest absolute Gasteiger partial charge is 0.416 e. The minimum atomic E-state index is -4.53. The first-order valence-electron chi connectivity index (χ1n) is 11.7. The molecule has 0 N–H and O–H groups in total. The van der Waals surface area contributed by atoms with Crippen LogP contribution in [-0.2, 0) is 22.4 Å². The molecule has 1 aliphatic rings. The van der Waals surface area contributed by atoms with Gasteiger partial charge in [-0.1, -0.05) is 76.2 Å². The van der Waals surface area contributed by atoms with Crippen molar-refractivity contribution in [2.45, 2.75) is 68.4 Å². The molecule has 0 saturated heterocycles. The highest BCUT2D eigenvalue weighted by Gasteiger charge is 2.44. The van der Waals surface area contributed by atoms with E-state index in [0.29, 0.717) is 16.7 Å². The van der Waals surface area contributed by atoms with Gasteiger partial charge in [-0.05, 0) is 58.7 Å². The summed E-state index contributed by atoms with van der Waals surface area (Å²) < 4.78 is 75.2. The summed E-state index contributed by atoms with van der Waals surface area (Å²) in [5, 5.41) is -1.08. The first-order valence-corrected chi connectivity index (χ1v) is 13.2. The van der Waals surface area contributed by atoms with E-state index < -0.39 is 32.9 Å². The SMILES string of the molecule is CC(C)c1cccc(C(C)C)c1S(=O)(=O)[C@@H]1Cc2cc(C(F)(F)F)ccc2O[C@H]1c1ccccc1. The molecule has 0 saturated carbocycles. The van der Waals surface area contributed by atoms with Crippen molar-refractivity contribution in [2.75, 3.05) is 0 Å². The number of halogens is 3. The predicted octanol–water partition coefficient (Wildman–Crippen LogP) is 7.47. The average Bonchev–Trinajstić information content (AvgIpc) is 2.82. The lowest BCUT2D eigenvalue weighted by Crippen LogP contribution is -2.38. The van der Waals surface area contributed by atoms with Gasteiger partial charge in [-0.2, -0.15) is 13.2 Å². The fourth-order valence-electron chi connectivity index (χ4n) is 4.73. The van der Waals surface area contributed by atoms with Crippen molar-refractivity contribution < 1.29 is 26.3 Å². The van der Waals surface area contributed by atoms with E-state index in [4.69, 9.17) is 4.74 Å². The van der Waals surface area contributed by atoms with Gasteiger partial charge in [0, 0.05) is 0 Å². The van der Waals surface area contributed by atoms with E-state index in [1.807, 2.05) is 52.0 Å². The minimum absolute atomic E-state index is 0.0534. The number of ether oxygens (including phenoxy) is 1. The van der Waals surface area contributed by atoms with E-state index in [2.05, 4.69) is 0 Å². The van der Waals surface area contributed by atoms with Gasteiger partial charge in [0.15, 0.2) is 9.84 Å². The van der Waals surface area contributed by atoms with Crippen LogP contribution in [0.1, 0.15) is 73.5 Å². The zero-order valence-electron chi connectivity index (χ0n) is 20.1. The van der Waals surface area contributed by atoms with Crippen LogP contribution in [0.4, 0.5) is 13.2 Å². The van der Waals surface area contributed by atoms with Crippen molar-refractivity contribution in [2.24, 2.45) is 0 Å². The molecule has 0 radical (unpaired) electrons. The quantitative estimate of drug-likeness (QED) is 0.363. The predicted molar refractivity (Wildman–Crippen MR) is 131 cm³/mol. The number of hydrogen-bond donors (Lipinski definition) is 0. The maximum Gasteiger partial charge on any atom is 0.416 e. The van der Waals surface area contributed by atoms with Gasteiger partial charge in [-0.15, -0.1) is 0 Å². The summed E-state index contributed by atoms with van der Waals surface area (Å²) in [6, 6.07) is 17.8. The molecule has 3 aromatic rings. The molecule has 186 valence electrons. The van der Waals surface area contributed by atoms with Crippen molar-refractivity contribution in [1.29, 1.82) is 0 Å². The van der Waals surface area contributed by atoms with Crippen LogP contribution in [0.5, 0.6) is 5.75 Å². The van der Waals surface area contributed by atoms with Crippen LogP contribution in [0.2, 0.25) is 0 Å². The van der Waals surface area contributed by atoms with Crippen LogP contribution in [0.25, 0.3) is 0 Å². The molecule has 0 unspecified atom stereocenters. The molecule has 0 amide bonds. The molecule has 1 aliphatic heterocycles. The Balaban J connectivity index is 1.93. The second-order valence-corrected chi connectivity index (χ2v) is 11.7. The van der Waals surface area contributed by atoms with Crippen LogP contribution in [-0.4, -0.2) is 13.7 Å². The zero-order chi connectivity index (χ0) is 25.5. The lowest BCUT2D eigenvalue weighted by molar-refractivity contribution is -0.137. The van der Waals surface area contributed by atoms with Crippen LogP contribution < -0.4 is 4.74 Å². The summed E-state index contributed by atoms with van der Waals surface area (Å²) in [6.45, 7) is 7.76. The first-order chi connectivity index (χ1) is 16.4. The third-order valence-corrected chi connectivity index (χ3v) is 8.78. The number of rotatable bonds is 5. The Hall–Kier alpha value is -2.80. The topological polar surface area (TPSA) is 43.4 Å². The van der Waals surface area contributed by atoms with Crippen molar-refractivity contribution in [1.82, 2.24) is 0 Å². The Kier molecular flexibility index (Phi) is 6.75. The normalized spacial score (nSPS) is 18.4. The molecule has 0 aromatic heterocycles. The Labute approximate surface area is 204 Å². The lowest BCUT2D eigenvalue weighted by atomic mass is 9.95. The molecular formula is C28H29F3O3S. The molecule has 3 aromatic carbocycles. The van der Waals surface area contributed by atoms with Gasteiger partial charge in [0.05, 0.1) is 10.5 Å². The van der Waals surface area contributed by atoms with Crippen LogP contribution in [0.3, 0.4) is 0 Å². The highest BCUT2D eigenvalue weighted by molar-refractivity contribution is 7.92. The number of hydrogen-bond acceptors (Lipinski definition) is 3. The third kappa shape index (κ3) is 4.83. The maximum absolute atomic E-state index is 14.4. The highest BCUT2D eigenvalue weighted by atomic mass is 32.2. The monoisotopic (exact) mass is 502 g/mol. The van der Waals surface area contributed by atoms with Gasteiger partial charge in [0.2, 0.25) is 0 Å². The summed E-state index contributed by atoms with van der Waals surface area (Å²) in [7, 11) is -4.01. The molecule has 0 spiro atoms. The Morgan fingerprint density at radius 1 is 0.857 bits per heavy atom. The van der Waals surface area contributed by atoms with Crippen LogP contribution in [0, 0.1) is 0 Å².